The highest BCUT2D eigenvalue weighted by atomic mass is 16.5. The molecule has 1 atom stereocenters. The van der Waals surface area contributed by atoms with Crippen LogP contribution in [0.1, 0.15) is 30.6 Å². The summed E-state index contributed by atoms with van der Waals surface area (Å²) in [6.07, 6.45) is 0.849. The van der Waals surface area contributed by atoms with E-state index in [-0.39, 0.29) is 37.0 Å². The molecule has 2 aromatic rings. The van der Waals surface area contributed by atoms with Crippen LogP contribution in [0, 0.1) is 5.92 Å². The fourth-order valence-corrected chi connectivity index (χ4v) is 4.26. The van der Waals surface area contributed by atoms with Crippen molar-refractivity contribution in [2.75, 3.05) is 47.1 Å². The fourth-order valence-electron chi connectivity index (χ4n) is 4.26. The average molecular weight is 447 g/mol. The second-order valence-electron chi connectivity index (χ2n) is 8.58. The number of benzene rings is 1. The van der Waals surface area contributed by atoms with Crippen molar-refractivity contribution in [2.24, 2.45) is 11.7 Å². The van der Waals surface area contributed by atoms with E-state index in [9.17, 15) is 14.4 Å². The van der Waals surface area contributed by atoms with Crippen molar-refractivity contribution in [3.8, 4) is 0 Å². The van der Waals surface area contributed by atoms with Gasteiger partial charge in [-0.1, -0.05) is 13.8 Å². The van der Waals surface area contributed by atoms with Gasteiger partial charge >= 0.3 is 11.7 Å². The number of hydrogen-bond acceptors (Lipinski definition) is 6. The zero-order valence-electron chi connectivity index (χ0n) is 19.3. The van der Waals surface area contributed by atoms with Gasteiger partial charge in [0, 0.05) is 44.9 Å². The average Bonchev–Trinajstić information content (AvgIpc) is 3.04. The molecule has 1 aliphatic rings. The Morgan fingerprint density at radius 1 is 1.28 bits per heavy atom. The molecule has 0 unspecified atom stereocenters. The molecule has 176 valence electrons. The van der Waals surface area contributed by atoms with Crippen LogP contribution in [0.3, 0.4) is 0 Å². The molecular weight excluding hydrogens is 412 g/mol. The predicted molar refractivity (Wildman–Crippen MR) is 123 cm³/mol. The van der Waals surface area contributed by atoms with Gasteiger partial charge in [0.2, 0.25) is 0 Å². The second-order valence-corrected chi connectivity index (χ2v) is 8.58. The summed E-state index contributed by atoms with van der Waals surface area (Å²) in [5.74, 6) is -0.00422. The number of nitrogens with one attached hydrogen (secondary N) is 1. The third-order valence-electron chi connectivity index (χ3n) is 5.94. The lowest BCUT2D eigenvalue weighted by Gasteiger charge is -2.41. The van der Waals surface area contributed by atoms with E-state index in [1.807, 2.05) is 7.05 Å². The number of ether oxygens (including phenoxy) is 1. The summed E-state index contributed by atoms with van der Waals surface area (Å²) in [7, 11) is 3.53. The van der Waals surface area contributed by atoms with Crippen molar-refractivity contribution >= 4 is 23.0 Å². The third-order valence-corrected chi connectivity index (χ3v) is 5.94. The molecule has 1 aromatic carbocycles. The van der Waals surface area contributed by atoms with Gasteiger partial charge in [0.1, 0.15) is 0 Å². The van der Waals surface area contributed by atoms with Gasteiger partial charge in [-0.2, -0.15) is 0 Å². The molecule has 0 spiro atoms. The van der Waals surface area contributed by atoms with Crippen LogP contribution >= 0.6 is 0 Å². The lowest BCUT2D eigenvalue weighted by atomic mass is 9.98. The highest BCUT2D eigenvalue weighted by Crippen LogP contribution is 2.23. The predicted octanol–water partition coefficient (Wildman–Crippen LogP) is 0.726. The Hall–Kier alpha value is -2.69. The molecule has 1 fully saturated rings. The molecular formula is C22H34N6O4. The maximum Gasteiger partial charge on any atom is 0.337 e. The van der Waals surface area contributed by atoms with E-state index >= 15 is 0 Å². The Bertz CT molecular complexity index is 1030. The quantitative estimate of drug-likeness (QED) is 0.606. The normalized spacial score (nSPS) is 17.3. The molecule has 1 aromatic heterocycles. The topological polar surface area (TPSA) is 115 Å². The molecule has 10 heteroatoms. The summed E-state index contributed by atoms with van der Waals surface area (Å²) in [6, 6.07) is 4.62. The molecule has 0 aliphatic carbocycles. The Morgan fingerprint density at radius 2 is 2.03 bits per heavy atom. The molecule has 2 heterocycles. The summed E-state index contributed by atoms with van der Waals surface area (Å²) in [5.41, 5.74) is 6.69. The maximum atomic E-state index is 13.6. The van der Waals surface area contributed by atoms with E-state index in [1.54, 1.807) is 30.2 Å². The minimum Gasteiger partial charge on any atom is -0.383 e. The number of carbonyl (C=O) groups is 2. The summed E-state index contributed by atoms with van der Waals surface area (Å²) in [5, 5.41) is 2.77. The van der Waals surface area contributed by atoms with E-state index in [1.165, 1.54) is 9.13 Å². The first-order valence-electron chi connectivity index (χ1n) is 11.0. The number of aromatic nitrogens is 2. The molecule has 3 rings (SSSR count). The Balaban J connectivity index is 2.05. The largest absolute Gasteiger partial charge is 0.383 e. The number of nitrogens with two attached hydrogens (primary N) is 1. The summed E-state index contributed by atoms with van der Waals surface area (Å²) >= 11 is 0. The van der Waals surface area contributed by atoms with Crippen LogP contribution in [0.15, 0.2) is 23.0 Å². The smallest absolute Gasteiger partial charge is 0.337 e. The van der Waals surface area contributed by atoms with E-state index in [0.717, 1.165) is 13.0 Å². The molecule has 2 amide bonds. The van der Waals surface area contributed by atoms with Crippen LogP contribution in [-0.2, 0) is 11.3 Å². The first-order chi connectivity index (χ1) is 15.3. The van der Waals surface area contributed by atoms with E-state index < -0.39 is 5.69 Å². The van der Waals surface area contributed by atoms with E-state index in [4.69, 9.17) is 10.5 Å². The number of imidazole rings is 1. The number of amides is 2. The number of carbonyl (C=O) groups excluding carboxylic acids is 2. The summed E-state index contributed by atoms with van der Waals surface area (Å²) in [6.45, 7) is 6.79. The van der Waals surface area contributed by atoms with Gasteiger partial charge in [-0.25, -0.2) is 14.2 Å². The third kappa shape index (κ3) is 4.72. The van der Waals surface area contributed by atoms with Crippen LogP contribution in [0.2, 0.25) is 0 Å². The van der Waals surface area contributed by atoms with Gasteiger partial charge in [-0.05, 0) is 37.6 Å². The molecule has 32 heavy (non-hydrogen) atoms. The van der Waals surface area contributed by atoms with Gasteiger partial charge in [-0.15, -0.1) is 0 Å². The van der Waals surface area contributed by atoms with Gasteiger partial charge in [0.25, 0.3) is 5.91 Å². The van der Waals surface area contributed by atoms with Crippen molar-refractivity contribution in [1.82, 2.24) is 24.3 Å². The van der Waals surface area contributed by atoms with Crippen molar-refractivity contribution in [2.45, 2.75) is 32.9 Å². The van der Waals surface area contributed by atoms with Gasteiger partial charge < -0.3 is 20.7 Å². The van der Waals surface area contributed by atoms with Crippen LogP contribution in [0.5, 0.6) is 0 Å². The molecule has 0 radical (unpaired) electrons. The van der Waals surface area contributed by atoms with Gasteiger partial charge in [-0.3, -0.25) is 14.3 Å². The SMILES string of the molecule is COCCNC(=O)c1ccc2c(c1)n(CCN)c(=O)n2C(=O)N1CN(C)CC[C@H]1C(C)C. The molecule has 0 saturated carbocycles. The first-order valence-corrected chi connectivity index (χ1v) is 11.0. The van der Waals surface area contributed by atoms with Crippen molar-refractivity contribution in [3.63, 3.8) is 0 Å². The Morgan fingerprint density at radius 3 is 2.69 bits per heavy atom. The number of methoxy groups -OCH3 is 1. The monoisotopic (exact) mass is 446 g/mol. The molecule has 1 saturated heterocycles. The lowest BCUT2D eigenvalue weighted by molar-refractivity contribution is 0.0606. The standard InChI is InChI=1S/C22H34N6O4/c1-15(2)17-7-10-25(3)14-27(17)22(31)28-18-6-5-16(20(29)24-9-12-32-4)13-19(18)26(11-8-23)21(28)30/h5-6,13,15,17H,7-12,14,23H2,1-4H3,(H,24,29)/t17-/m0/s1. The van der Waals surface area contributed by atoms with Crippen LogP contribution in [-0.4, -0.2) is 84.0 Å². The van der Waals surface area contributed by atoms with Crippen molar-refractivity contribution < 1.29 is 14.3 Å². The first kappa shape index (κ1) is 24.0. The van der Waals surface area contributed by atoms with Crippen LogP contribution in [0.25, 0.3) is 11.0 Å². The van der Waals surface area contributed by atoms with Gasteiger partial charge in [0.05, 0.1) is 24.3 Å². The van der Waals surface area contributed by atoms with E-state index in [0.29, 0.717) is 36.4 Å². The zero-order valence-corrected chi connectivity index (χ0v) is 19.3. The fraction of sp³-hybridized carbons (Fsp3) is 0.591. The number of fused-ring (bicyclic) bond motifs is 1. The lowest BCUT2D eigenvalue weighted by Crippen LogP contribution is -2.56. The van der Waals surface area contributed by atoms with Crippen LogP contribution in [0.4, 0.5) is 4.79 Å². The molecule has 3 N–H and O–H groups in total. The Labute approximate surface area is 187 Å². The number of hydrogen-bond donors (Lipinski definition) is 2. The minimum absolute atomic E-state index is 0.0457. The second kappa shape index (κ2) is 10.3. The highest BCUT2D eigenvalue weighted by molar-refractivity contribution is 5.99. The van der Waals surface area contributed by atoms with E-state index in [2.05, 4.69) is 24.1 Å². The molecule has 1 aliphatic heterocycles. The number of nitrogens with zero attached hydrogens (tertiary/aromatic N) is 4. The number of rotatable bonds is 7. The van der Waals surface area contributed by atoms with Crippen molar-refractivity contribution in [1.29, 1.82) is 0 Å². The molecule has 10 nitrogen and oxygen atoms in total. The van der Waals surface area contributed by atoms with Crippen molar-refractivity contribution in [3.05, 3.63) is 34.2 Å². The Kier molecular flexibility index (Phi) is 7.70. The van der Waals surface area contributed by atoms with Crippen LogP contribution < -0.4 is 16.7 Å². The summed E-state index contributed by atoms with van der Waals surface area (Å²) < 4.78 is 7.65. The maximum absolute atomic E-state index is 13.6. The zero-order chi connectivity index (χ0) is 23.4. The molecule has 0 bridgehead atoms. The minimum atomic E-state index is -0.442. The highest BCUT2D eigenvalue weighted by Gasteiger charge is 2.34. The van der Waals surface area contributed by atoms with Gasteiger partial charge in [0.15, 0.2) is 0 Å². The summed E-state index contributed by atoms with van der Waals surface area (Å²) in [4.78, 5) is 43.3.